The minimum absolute atomic E-state index is 0.0717. The lowest BCUT2D eigenvalue weighted by Crippen LogP contribution is -2.47. The maximum absolute atomic E-state index is 13.8. The number of hydrogen-bond acceptors (Lipinski definition) is 3. The zero-order valence-electron chi connectivity index (χ0n) is 20.2. The van der Waals surface area contributed by atoms with E-state index in [0.717, 1.165) is 18.5 Å². The first-order valence-electron chi connectivity index (χ1n) is 12.6. The maximum Gasteiger partial charge on any atom is 0.254 e. The van der Waals surface area contributed by atoms with Crippen LogP contribution in [0.25, 0.3) is 0 Å². The van der Waals surface area contributed by atoms with Gasteiger partial charge in [-0.05, 0) is 48.6 Å². The Bertz CT molecular complexity index is 1160. The number of carbonyl (C=O) groups excluding carboxylic acids is 2. The molecule has 4 atom stereocenters. The zero-order chi connectivity index (χ0) is 24.4. The van der Waals surface area contributed by atoms with E-state index in [-0.39, 0.29) is 23.8 Å². The summed E-state index contributed by atoms with van der Waals surface area (Å²) in [5.41, 5.74) is 10.0. The molecule has 0 aliphatic carbocycles. The molecular formula is C30H33N3O2. The van der Waals surface area contributed by atoms with Gasteiger partial charge in [0.15, 0.2) is 0 Å². The highest BCUT2D eigenvalue weighted by Crippen LogP contribution is 2.35. The monoisotopic (exact) mass is 467 g/mol. The van der Waals surface area contributed by atoms with E-state index in [9.17, 15) is 9.59 Å². The number of rotatable bonds is 5. The molecule has 5 heteroatoms. The second-order valence-corrected chi connectivity index (χ2v) is 9.91. The van der Waals surface area contributed by atoms with E-state index in [4.69, 9.17) is 5.73 Å². The largest absolute Gasteiger partial charge is 0.340 e. The molecule has 2 N–H and O–H groups in total. The molecule has 0 spiro atoms. The van der Waals surface area contributed by atoms with Crippen LogP contribution in [-0.2, 0) is 4.79 Å². The van der Waals surface area contributed by atoms with Gasteiger partial charge in [-0.25, -0.2) is 0 Å². The molecule has 3 aromatic rings. The first-order chi connectivity index (χ1) is 17.0. The molecule has 2 aliphatic rings. The van der Waals surface area contributed by atoms with Gasteiger partial charge < -0.3 is 15.5 Å². The smallest absolute Gasteiger partial charge is 0.254 e. The summed E-state index contributed by atoms with van der Waals surface area (Å²) < 4.78 is 0. The summed E-state index contributed by atoms with van der Waals surface area (Å²) in [5, 5.41) is 0. The van der Waals surface area contributed by atoms with E-state index < -0.39 is 6.04 Å². The lowest BCUT2D eigenvalue weighted by molar-refractivity contribution is -0.134. The van der Waals surface area contributed by atoms with Gasteiger partial charge in [0.05, 0.1) is 0 Å². The van der Waals surface area contributed by atoms with Crippen molar-refractivity contribution in [2.45, 2.75) is 43.7 Å². The van der Waals surface area contributed by atoms with Gasteiger partial charge in [0, 0.05) is 43.1 Å². The Kier molecular flexibility index (Phi) is 6.69. The number of likely N-dealkylation sites (tertiary alicyclic amines) is 2. The molecule has 0 radical (unpaired) electrons. The Morgan fingerprint density at radius 2 is 1.43 bits per heavy atom. The lowest BCUT2D eigenvalue weighted by Gasteiger charge is -2.28. The molecule has 2 heterocycles. The molecule has 0 saturated carbocycles. The van der Waals surface area contributed by atoms with E-state index >= 15 is 0 Å². The highest BCUT2D eigenvalue weighted by Gasteiger charge is 2.43. The molecule has 5 nitrogen and oxygen atoms in total. The van der Waals surface area contributed by atoms with Crippen molar-refractivity contribution in [1.82, 2.24) is 9.80 Å². The van der Waals surface area contributed by atoms with Crippen LogP contribution in [0.15, 0.2) is 84.9 Å². The van der Waals surface area contributed by atoms with Gasteiger partial charge in [-0.3, -0.25) is 9.59 Å². The van der Waals surface area contributed by atoms with Gasteiger partial charge >= 0.3 is 0 Å². The molecule has 3 aromatic carbocycles. The molecule has 5 rings (SSSR count). The molecule has 0 bridgehead atoms. The molecule has 1 unspecified atom stereocenters. The summed E-state index contributed by atoms with van der Waals surface area (Å²) in [4.78, 5) is 31.2. The van der Waals surface area contributed by atoms with E-state index in [1.807, 2.05) is 60.4 Å². The van der Waals surface area contributed by atoms with Gasteiger partial charge in [-0.15, -0.1) is 0 Å². The van der Waals surface area contributed by atoms with Crippen molar-refractivity contribution in [1.29, 1.82) is 0 Å². The van der Waals surface area contributed by atoms with Crippen LogP contribution in [-0.4, -0.2) is 47.3 Å². The Hall–Kier alpha value is -3.44. The average molecular weight is 468 g/mol. The van der Waals surface area contributed by atoms with E-state index in [1.54, 1.807) is 4.90 Å². The van der Waals surface area contributed by atoms with Crippen LogP contribution in [0, 0.1) is 0 Å². The Labute approximate surface area is 207 Å². The van der Waals surface area contributed by atoms with Crippen LogP contribution in [0.4, 0.5) is 0 Å². The predicted octanol–water partition coefficient (Wildman–Crippen LogP) is 4.72. The van der Waals surface area contributed by atoms with Crippen molar-refractivity contribution in [3.63, 3.8) is 0 Å². The number of benzene rings is 3. The zero-order valence-corrected chi connectivity index (χ0v) is 20.2. The third-order valence-electron chi connectivity index (χ3n) is 7.57. The number of amides is 2. The average Bonchev–Trinajstić information content (AvgIpc) is 3.57. The van der Waals surface area contributed by atoms with Gasteiger partial charge in [-0.2, -0.15) is 0 Å². The van der Waals surface area contributed by atoms with Crippen molar-refractivity contribution < 1.29 is 9.59 Å². The number of nitrogens with zero attached hydrogens (tertiary/aromatic N) is 2. The van der Waals surface area contributed by atoms with E-state index in [2.05, 4.69) is 36.4 Å². The normalized spacial score (nSPS) is 22.9. The minimum atomic E-state index is -0.449. The molecule has 2 fully saturated rings. The molecular weight excluding hydrogens is 434 g/mol. The van der Waals surface area contributed by atoms with Crippen molar-refractivity contribution in [2.24, 2.45) is 5.73 Å². The first-order valence-corrected chi connectivity index (χ1v) is 12.6. The van der Waals surface area contributed by atoms with Crippen molar-refractivity contribution in [3.8, 4) is 0 Å². The van der Waals surface area contributed by atoms with Crippen LogP contribution >= 0.6 is 0 Å². The second-order valence-electron chi connectivity index (χ2n) is 9.91. The van der Waals surface area contributed by atoms with Crippen LogP contribution in [0.2, 0.25) is 0 Å². The molecule has 2 saturated heterocycles. The molecule has 2 aliphatic heterocycles. The Morgan fingerprint density at radius 1 is 0.829 bits per heavy atom. The fourth-order valence-corrected chi connectivity index (χ4v) is 5.52. The van der Waals surface area contributed by atoms with Crippen molar-refractivity contribution in [2.75, 3.05) is 19.6 Å². The summed E-state index contributed by atoms with van der Waals surface area (Å²) in [6.07, 6.45) is 1.61. The van der Waals surface area contributed by atoms with Crippen LogP contribution in [0.3, 0.4) is 0 Å². The van der Waals surface area contributed by atoms with Gasteiger partial charge in [0.25, 0.3) is 5.91 Å². The molecule has 2 amide bonds. The standard InChI is InChI=1S/C30H33N3O2/c1-21(31)22-12-14-25(15-13-22)29(34)33-20-27(24-10-6-3-7-11-24)18-28(33)30(35)32-17-16-26(19-32)23-8-4-2-5-9-23/h2-15,21,26-28H,16-20,31H2,1H3/t21-,26?,27-,28-/m0/s1. The SMILES string of the molecule is C[C@H](N)c1ccc(C(=O)N2C[C@@H](c3ccccc3)C[C@H]2C(=O)N2CCC(c3ccccc3)C2)cc1. The fraction of sp³-hybridized carbons (Fsp3) is 0.333. The third-order valence-corrected chi connectivity index (χ3v) is 7.57. The maximum atomic E-state index is 13.8. The second kappa shape index (κ2) is 10.0. The predicted molar refractivity (Wildman–Crippen MR) is 138 cm³/mol. The quantitative estimate of drug-likeness (QED) is 0.590. The van der Waals surface area contributed by atoms with Crippen molar-refractivity contribution in [3.05, 3.63) is 107 Å². The Balaban J connectivity index is 1.38. The van der Waals surface area contributed by atoms with Crippen LogP contribution < -0.4 is 5.73 Å². The van der Waals surface area contributed by atoms with Crippen molar-refractivity contribution >= 4 is 11.8 Å². The molecule has 0 aromatic heterocycles. The van der Waals surface area contributed by atoms with Gasteiger partial charge in [0.2, 0.25) is 5.91 Å². The van der Waals surface area contributed by atoms with Gasteiger partial charge in [-0.1, -0.05) is 72.8 Å². The number of carbonyl (C=O) groups is 2. The summed E-state index contributed by atoms with van der Waals surface area (Å²) in [6, 6.07) is 27.6. The van der Waals surface area contributed by atoms with Crippen LogP contribution in [0.1, 0.15) is 64.7 Å². The topological polar surface area (TPSA) is 66.6 Å². The van der Waals surface area contributed by atoms with Gasteiger partial charge in [0.1, 0.15) is 6.04 Å². The van der Waals surface area contributed by atoms with Crippen LogP contribution in [0.5, 0.6) is 0 Å². The summed E-state index contributed by atoms with van der Waals surface area (Å²) >= 11 is 0. The molecule has 35 heavy (non-hydrogen) atoms. The summed E-state index contributed by atoms with van der Waals surface area (Å²) in [7, 11) is 0. The summed E-state index contributed by atoms with van der Waals surface area (Å²) in [6.45, 7) is 3.91. The fourth-order valence-electron chi connectivity index (χ4n) is 5.52. The highest BCUT2D eigenvalue weighted by atomic mass is 16.2. The molecule has 180 valence electrons. The minimum Gasteiger partial charge on any atom is -0.340 e. The Morgan fingerprint density at radius 3 is 2.03 bits per heavy atom. The lowest BCUT2D eigenvalue weighted by atomic mass is 9.96. The highest BCUT2D eigenvalue weighted by molar-refractivity contribution is 5.98. The van der Waals surface area contributed by atoms with E-state index in [0.29, 0.717) is 31.0 Å². The number of hydrogen-bond donors (Lipinski definition) is 1. The number of nitrogens with two attached hydrogens (primary N) is 1. The van der Waals surface area contributed by atoms with E-state index in [1.165, 1.54) is 11.1 Å². The first kappa shape index (κ1) is 23.3. The third kappa shape index (κ3) is 4.87. The summed E-state index contributed by atoms with van der Waals surface area (Å²) in [5.74, 6) is 0.477.